The molecule has 0 amide bonds. The van der Waals surface area contributed by atoms with Crippen molar-refractivity contribution in [2.45, 2.75) is 39.1 Å². The molecular weight excluding hydrogens is 412 g/mol. The van der Waals surface area contributed by atoms with Gasteiger partial charge < -0.3 is 25.2 Å². The Morgan fingerprint density at radius 1 is 1.22 bits per heavy atom. The van der Waals surface area contributed by atoms with E-state index in [2.05, 4.69) is 68.4 Å². The quantitative estimate of drug-likeness (QED) is 0.456. The minimum Gasteiger partial charge on any atom is -0.433 e. The van der Waals surface area contributed by atoms with Crippen molar-refractivity contribution in [2.24, 2.45) is 4.99 Å². The summed E-state index contributed by atoms with van der Waals surface area (Å²) in [5.41, 5.74) is 3.17. The lowest BCUT2D eigenvalue weighted by Crippen LogP contribution is -2.44. The molecule has 1 aliphatic heterocycles. The van der Waals surface area contributed by atoms with Crippen LogP contribution in [0.25, 0.3) is 0 Å². The number of guanidine groups is 1. The lowest BCUT2D eigenvalue weighted by atomic mass is 10.1. The van der Waals surface area contributed by atoms with Crippen LogP contribution >= 0.6 is 0 Å². The first kappa shape index (κ1) is 23.8. The first-order valence-corrected chi connectivity index (χ1v) is 11.0. The molecule has 3 rings (SSSR count). The molecule has 32 heavy (non-hydrogen) atoms. The van der Waals surface area contributed by atoms with Crippen molar-refractivity contribution in [3.05, 3.63) is 59.7 Å². The first-order valence-electron chi connectivity index (χ1n) is 11.0. The van der Waals surface area contributed by atoms with Gasteiger partial charge in [0.1, 0.15) is 5.75 Å². The number of halogens is 2. The normalized spacial score (nSPS) is 16.7. The Balaban J connectivity index is 1.54. The van der Waals surface area contributed by atoms with E-state index in [9.17, 15) is 8.78 Å². The van der Waals surface area contributed by atoms with Gasteiger partial charge in [-0.25, -0.2) is 0 Å². The molecule has 8 heteroatoms. The Bertz CT molecular complexity index is 892. The lowest BCUT2D eigenvalue weighted by molar-refractivity contribution is -0.0495. The van der Waals surface area contributed by atoms with Crippen molar-refractivity contribution in [2.75, 3.05) is 38.6 Å². The van der Waals surface area contributed by atoms with E-state index < -0.39 is 6.61 Å². The topological polar surface area (TPSA) is 52.1 Å². The zero-order valence-electron chi connectivity index (χ0n) is 19.0. The second kappa shape index (κ2) is 11.7. The number of benzene rings is 2. The molecule has 0 radical (unpaired) electrons. The molecular formula is C24H33F2N5O. The summed E-state index contributed by atoms with van der Waals surface area (Å²) in [4.78, 5) is 8.68. The molecule has 6 nitrogen and oxygen atoms in total. The fourth-order valence-electron chi connectivity index (χ4n) is 3.85. The summed E-state index contributed by atoms with van der Waals surface area (Å²) in [6.07, 6.45) is 0.878. The highest BCUT2D eigenvalue weighted by Crippen LogP contribution is 2.31. The smallest absolute Gasteiger partial charge is 0.387 e. The molecule has 0 aromatic heterocycles. The van der Waals surface area contributed by atoms with Crippen molar-refractivity contribution < 1.29 is 13.5 Å². The van der Waals surface area contributed by atoms with Crippen LogP contribution in [0.1, 0.15) is 24.5 Å². The minimum absolute atomic E-state index is 0.158. The van der Waals surface area contributed by atoms with Gasteiger partial charge in [0.15, 0.2) is 5.96 Å². The predicted molar refractivity (Wildman–Crippen MR) is 125 cm³/mol. The molecule has 1 unspecified atom stereocenters. The van der Waals surface area contributed by atoms with Crippen LogP contribution in [-0.4, -0.2) is 57.2 Å². The van der Waals surface area contributed by atoms with Crippen LogP contribution < -0.4 is 20.3 Å². The van der Waals surface area contributed by atoms with Crippen LogP contribution in [0.2, 0.25) is 0 Å². The van der Waals surface area contributed by atoms with E-state index in [1.165, 1.54) is 11.1 Å². The molecule has 1 saturated heterocycles. The average molecular weight is 446 g/mol. The molecule has 1 atom stereocenters. The van der Waals surface area contributed by atoms with Crippen LogP contribution in [-0.2, 0) is 13.1 Å². The lowest BCUT2D eigenvalue weighted by Gasteiger charge is -2.22. The summed E-state index contributed by atoms with van der Waals surface area (Å²) in [6.45, 7) is 3.36. The average Bonchev–Trinajstić information content (AvgIpc) is 3.25. The van der Waals surface area contributed by atoms with Crippen molar-refractivity contribution in [3.8, 4) is 5.75 Å². The molecule has 0 spiro atoms. The number of rotatable bonds is 9. The number of hydrogen-bond acceptors (Lipinski definition) is 4. The molecule has 0 bridgehead atoms. The summed E-state index contributed by atoms with van der Waals surface area (Å²) < 4.78 is 30.2. The van der Waals surface area contributed by atoms with E-state index in [0.29, 0.717) is 18.8 Å². The van der Waals surface area contributed by atoms with Gasteiger partial charge in [-0.15, -0.1) is 0 Å². The number of anilines is 1. The number of para-hydroxylation sites is 2. The highest BCUT2D eigenvalue weighted by Gasteiger charge is 2.26. The second-order valence-corrected chi connectivity index (χ2v) is 8.00. The highest BCUT2D eigenvalue weighted by atomic mass is 19.3. The van der Waals surface area contributed by atoms with Crippen molar-refractivity contribution in [1.82, 2.24) is 15.5 Å². The molecule has 1 fully saturated rings. The van der Waals surface area contributed by atoms with Crippen LogP contribution in [0.3, 0.4) is 0 Å². The van der Waals surface area contributed by atoms with Gasteiger partial charge in [-0.05, 0) is 43.3 Å². The Labute approximate surface area is 189 Å². The van der Waals surface area contributed by atoms with E-state index >= 15 is 0 Å². The largest absolute Gasteiger partial charge is 0.433 e. The fourth-order valence-corrected chi connectivity index (χ4v) is 3.85. The predicted octanol–water partition coefficient (Wildman–Crippen LogP) is 3.68. The third-order valence-electron chi connectivity index (χ3n) is 5.62. The second-order valence-electron chi connectivity index (χ2n) is 8.00. The molecule has 174 valence electrons. The standard InChI is InChI=1S/C24H33F2N5O/c1-4-30(3)16-19-9-7-8-18(14-19)15-28-24(27-2)29-20-12-13-31(17-20)21-10-5-6-11-22(21)32-23(25)26/h5-11,14,20,23H,4,12-13,15-17H2,1-3H3,(H2,27,28,29). The number of aliphatic imine (C=N–C) groups is 1. The van der Waals surface area contributed by atoms with E-state index in [1.54, 1.807) is 19.2 Å². The number of nitrogens with zero attached hydrogens (tertiary/aromatic N) is 3. The molecule has 0 saturated carbocycles. The number of nitrogens with one attached hydrogen (secondary N) is 2. The monoisotopic (exact) mass is 445 g/mol. The third kappa shape index (κ3) is 6.82. The number of alkyl halides is 2. The zero-order chi connectivity index (χ0) is 22.9. The Morgan fingerprint density at radius 3 is 2.75 bits per heavy atom. The molecule has 1 heterocycles. The van der Waals surface area contributed by atoms with Gasteiger partial charge in [-0.3, -0.25) is 4.99 Å². The molecule has 0 aliphatic carbocycles. The van der Waals surface area contributed by atoms with Gasteiger partial charge in [0.25, 0.3) is 0 Å². The van der Waals surface area contributed by atoms with Crippen molar-refractivity contribution >= 4 is 11.6 Å². The summed E-state index contributed by atoms with van der Waals surface area (Å²) in [7, 11) is 3.86. The summed E-state index contributed by atoms with van der Waals surface area (Å²) in [5, 5.41) is 6.83. The molecule has 2 N–H and O–H groups in total. The van der Waals surface area contributed by atoms with E-state index in [0.717, 1.165) is 32.0 Å². The third-order valence-corrected chi connectivity index (χ3v) is 5.62. The van der Waals surface area contributed by atoms with Gasteiger partial charge in [-0.2, -0.15) is 8.78 Å². The maximum atomic E-state index is 12.7. The first-order chi connectivity index (χ1) is 15.5. The fraction of sp³-hybridized carbons (Fsp3) is 0.458. The van der Waals surface area contributed by atoms with Gasteiger partial charge in [0.2, 0.25) is 0 Å². The van der Waals surface area contributed by atoms with Gasteiger partial charge in [-0.1, -0.05) is 43.3 Å². The summed E-state index contributed by atoms with van der Waals surface area (Å²) in [5.74, 6) is 0.935. The molecule has 2 aromatic rings. The molecule has 2 aromatic carbocycles. The Kier molecular flexibility index (Phi) is 8.67. The van der Waals surface area contributed by atoms with Crippen LogP contribution in [0, 0.1) is 0 Å². The van der Waals surface area contributed by atoms with Crippen molar-refractivity contribution in [1.29, 1.82) is 0 Å². The number of hydrogen-bond donors (Lipinski definition) is 2. The maximum absolute atomic E-state index is 12.7. The van der Waals surface area contributed by atoms with Crippen molar-refractivity contribution in [3.63, 3.8) is 0 Å². The van der Waals surface area contributed by atoms with E-state index in [1.807, 2.05) is 12.1 Å². The Hall–Kier alpha value is -2.87. The van der Waals surface area contributed by atoms with E-state index in [4.69, 9.17) is 0 Å². The van der Waals surface area contributed by atoms with Gasteiger partial charge >= 0.3 is 6.61 Å². The maximum Gasteiger partial charge on any atom is 0.387 e. The summed E-state index contributed by atoms with van der Waals surface area (Å²) >= 11 is 0. The SMILES string of the molecule is CCN(C)Cc1cccc(CNC(=NC)NC2CCN(c3ccccc3OC(F)F)C2)c1. The zero-order valence-corrected chi connectivity index (χ0v) is 19.0. The number of ether oxygens (including phenoxy) is 1. The molecule has 1 aliphatic rings. The van der Waals surface area contributed by atoms with Crippen LogP contribution in [0.5, 0.6) is 5.75 Å². The van der Waals surface area contributed by atoms with E-state index in [-0.39, 0.29) is 11.8 Å². The van der Waals surface area contributed by atoms with Gasteiger partial charge in [0.05, 0.1) is 5.69 Å². The minimum atomic E-state index is -2.84. The Morgan fingerprint density at radius 2 is 2.00 bits per heavy atom. The van der Waals surface area contributed by atoms with Crippen LogP contribution in [0.4, 0.5) is 14.5 Å². The highest BCUT2D eigenvalue weighted by molar-refractivity contribution is 5.80. The summed E-state index contributed by atoms with van der Waals surface area (Å²) in [6, 6.07) is 15.6. The van der Waals surface area contributed by atoms with Gasteiger partial charge in [0, 0.05) is 39.3 Å². The van der Waals surface area contributed by atoms with Crippen LogP contribution in [0.15, 0.2) is 53.5 Å².